The van der Waals surface area contributed by atoms with Crippen molar-refractivity contribution < 1.29 is 14.7 Å². The highest BCUT2D eigenvalue weighted by molar-refractivity contribution is 6.04. The Labute approximate surface area is 129 Å². The quantitative estimate of drug-likeness (QED) is 0.758. The van der Waals surface area contributed by atoms with Crippen molar-refractivity contribution in [3.8, 4) is 5.75 Å². The molecule has 2 aromatic rings. The standard InChI is InChI=1S/C17H18N2O3/c1-11(2)16(21)18-13-5-3-12(4-6-13)17(22)19-14-7-9-15(20)10-8-14/h3-11,20H,1-2H3,(H,18,21)(H,19,22). The summed E-state index contributed by atoms with van der Waals surface area (Å²) in [5.41, 5.74) is 1.73. The molecule has 5 heteroatoms. The van der Waals surface area contributed by atoms with Gasteiger partial charge in [-0.2, -0.15) is 0 Å². The molecular weight excluding hydrogens is 280 g/mol. The van der Waals surface area contributed by atoms with Crippen LogP contribution in [-0.4, -0.2) is 16.9 Å². The second-order valence-electron chi connectivity index (χ2n) is 5.22. The first kappa shape index (κ1) is 15.6. The van der Waals surface area contributed by atoms with Crippen LogP contribution < -0.4 is 10.6 Å². The van der Waals surface area contributed by atoms with Gasteiger partial charge in [-0.3, -0.25) is 9.59 Å². The van der Waals surface area contributed by atoms with Crippen LogP contribution in [0.1, 0.15) is 24.2 Å². The molecule has 0 saturated carbocycles. The predicted molar refractivity (Wildman–Crippen MR) is 86.0 cm³/mol. The molecule has 0 unspecified atom stereocenters. The molecule has 22 heavy (non-hydrogen) atoms. The van der Waals surface area contributed by atoms with E-state index in [2.05, 4.69) is 10.6 Å². The van der Waals surface area contributed by atoms with E-state index in [1.807, 2.05) is 13.8 Å². The Morgan fingerprint density at radius 3 is 1.91 bits per heavy atom. The average Bonchev–Trinajstić information content (AvgIpc) is 2.50. The van der Waals surface area contributed by atoms with E-state index in [1.54, 1.807) is 36.4 Å². The van der Waals surface area contributed by atoms with E-state index in [1.165, 1.54) is 12.1 Å². The first-order valence-electron chi connectivity index (χ1n) is 6.97. The number of carbonyl (C=O) groups excluding carboxylic acids is 2. The van der Waals surface area contributed by atoms with Crippen LogP contribution in [-0.2, 0) is 4.79 Å². The molecule has 0 saturated heterocycles. The summed E-state index contributed by atoms with van der Waals surface area (Å²) in [6, 6.07) is 12.9. The second kappa shape index (κ2) is 6.76. The van der Waals surface area contributed by atoms with Crippen LogP contribution in [0.5, 0.6) is 5.75 Å². The van der Waals surface area contributed by atoms with Gasteiger partial charge < -0.3 is 15.7 Å². The molecule has 0 bridgehead atoms. The first-order valence-corrected chi connectivity index (χ1v) is 6.97. The molecule has 0 aliphatic carbocycles. The molecule has 114 valence electrons. The van der Waals surface area contributed by atoms with Crippen molar-refractivity contribution >= 4 is 23.2 Å². The maximum Gasteiger partial charge on any atom is 0.255 e. The summed E-state index contributed by atoms with van der Waals surface area (Å²) in [6.45, 7) is 3.63. The van der Waals surface area contributed by atoms with Gasteiger partial charge >= 0.3 is 0 Å². The summed E-state index contributed by atoms with van der Waals surface area (Å²) in [7, 11) is 0. The van der Waals surface area contributed by atoms with Crippen LogP contribution in [0.2, 0.25) is 0 Å². The maximum absolute atomic E-state index is 12.1. The number of phenols is 1. The Kier molecular flexibility index (Phi) is 4.78. The fourth-order valence-electron chi connectivity index (χ4n) is 1.74. The second-order valence-corrected chi connectivity index (χ2v) is 5.22. The predicted octanol–water partition coefficient (Wildman–Crippen LogP) is 3.24. The van der Waals surface area contributed by atoms with E-state index in [-0.39, 0.29) is 23.5 Å². The normalized spacial score (nSPS) is 10.3. The Morgan fingerprint density at radius 2 is 1.36 bits per heavy atom. The van der Waals surface area contributed by atoms with Gasteiger partial charge in [0, 0.05) is 22.9 Å². The molecule has 0 fully saturated rings. The number of aromatic hydroxyl groups is 1. The number of amides is 2. The molecule has 0 radical (unpaired) electrons. The highest BCUT2D eigenvalue weighted by Gasteiger charge is 2.09. The van der Waals surface area contributed by atoms with Crippen LogP contribution in [0.4, 0.5) is 11.4 Å². The van der Waals surface area contributed by atoms with Crippen molar-refractivity contribution in [2.45, 2.75) is 13.8 Å². The SMILES string of the molecule is CC(C)C(=O)Nc1ccc(C(=O)Nc2ccc(O)cc2)cc1. The van der Waals surface area contributed by atoms with E-state index in [0.717, 1.165) is 0 Å². The number of nitrogens with one attached hydrogen (secondary N) is 2. The summed E-state index contributed by atoms with van der Waals surface area (Å²) in [5, 5.41) is 14.7. The Bertz CT molecular complexity index is 661. The third-order valence-corrected chi connectivity index (χ3v) is 3.06. The minimum Gasteiger partial charge on any atom is -0.508 e. The van der Waals surface area contributed by atoms with Gasteiger partial charge in [-0.25, -0.2) is 0 Å². The molecule has 0 spiro atoms. The van der Waals surface area contributed by atoms with Gasteiger partial charge in [0.25, 0.3) is 5.91 Å². The van der Waals surface area contributed by atoms with Crippen LogP contribution in [0.25, 0.3) is 0 Å². The van der Waals surface area contributed by atoms with Crippen molar-refractivity contribution in [3.05, 3.63) is 54.1 Å². The lowest BCUT2D eigenvalue weighted by Crippen LogP contribution is -2.18. The smallest absolute Gasteiger partial charge is 0.255 e. The Hall–Kier alpha value is -2.82. The third-order valence-electron chi connectivity index (χ3n) is 3.06. The van der Waals surface area contributed by atoms with Crippen LogP contribution in [0.15, 0.2) is 48.5 Å². The Morgan fingerprint density at radius 1 is 0.864 bits per heavy atom. The maximum atomic E-state index is 12.1. The van der Waals surface area contributed by atoms with E-state index >= 15 is 0 Å². The van der Waals surface area contributed by atoms with Crippen molar-refractivity contribution in [3.63, 3.8) is 0 Å². The lowest BCUT2D eigenvalue weighted by atomic mass is 10.1. The number of benzene rings is 2. The van der Waals surface area contributed by atoms with Gasteiger partial charge in [0.2, 0.25) is 5.91 Å². The molecule has 2 rings (SSSR count). The van der Waals surface area contributed by atoms with Crippen LogP contribution in [0, 0.1) is 5.92 Å². The first-order chi connectivity index (χ1) is 10.5. The molecule has 5 nitrogen and oxygen atoms in total. The summed E-state index contributed by atoms with van der Waals surface area (Å²) < 4.78 is 0. The van der Waals surface area contributed by atoms with Gasteiger partial charge in [0.1, 0.15) is 5.75 Å². The number of anilines is 2. The average molecular weight is 298 g/mol. The van der Waals surface area contributed by atoms with Gasteiger partial charge in [-0.1, -0.05) is 13.8 Å². The van der Waals surface area contributed by atoms with Crippen LogP contribution in [0.3, 0.4) is 0 Å². The van der Waals surface area contributed by atoms with Crippen molar-refractivity contribution in [1.82, 2.24) is 0 Å². The van der Waals surface area contributed by atoms with E-state index in [9.17, 15) is 14.7 Å². The minimum absolute atomic E-state index is 0.0682. The summed E-state index contributed by atoms with van der Waals surface area (Å²) >= 11 is 0. The molecule has 3 N–H and O–H groups in total. The number of hydrogen-bond acceptors (Lipinski definition) is 3. The molecule has 2 amide bonds. The van der Waals surface area contributed by atoms with Crippen molar-refractivity contribution in [2.24, 2.45) is 5.92 Å². The van der Waals surface area contributed by atoms with Gasteiger partial charge in [-0.15, -0.1) is 0 Å². The zero-order chi connectivity index (χ0) is 16.1. The molecular formula is C17H18N2O3. The topological polar surface area (TPSA) is 78.4 Å². The highest BCUT2D eigenvalue weighted by atomic mass is 16.3. The van der Waals surface area contributed by atoms with Crippen molar-refractivity contribution in [2.75, 3.05) is 10.6 Å². The third kappa shape index (κ3) is 4.09. The minimum atomic E-state index is -0.257. The highest BCUT2D eigenvalue weighted by Crippen LogP contribution is 2.16. The molecule has 0 heterocycles. The molecule has 0 atom stereocenters. The number of rotatable bonds is 4. The number of hydrogen-bond donors (Lipinski definition) is 3. The fourth-order valence-corrected chi connectivity index (χ4v) is 1.74. The molecule has 0 aromatic heterocycles. The molecule has 0 aliphatic rings. The Balaban J connectivity index is 2.02. The summed E-state index contributed by atoms with van der Waals surface area (Å²) in [6.07, 6.45) is 0. The number of phenolic OH excluding ortho intramolecular Hbond substituents is 1. The van der Waals surface area contributed by atoms with E-state index in [4.69, 9.17) is 0 Å². The van der Waals surface area contributed by atoms with Crippen molar-refractivity contribution in [1.29, 1.82) is 0 Å². The monoisotopic (exact) mass is 298 g/mol. The fraction of sp³-hybridized carbons (Fsp3) is 0.176. The van der Waals surface area contributed by atoms with Gasteiger partial charge in [0.05, 0.1) is 0 Å². The summed E-state index contributed by atoms with van der Waals surface area (Å²) in [4.78, 5) is 23.7. The summed E-state index contributed by atoms with van der Waals surface area (Å²) in [5.74, 6) is -0.283. The van der Waals surface area contributed by atoms with Gasteiger partial charge in [0.15, 0.2) is 0 Å². The number of carbonyl (C=O) groups is 2. The zero-order valence-electron chi connectivity index (χ0n) is 12.5. The van der Waals surface area contributed by atoms with Gasteiger partial charge in [-0.05, 0) is 48.5 Å². The zero-order valence-corrected chi connectivity index (χ0v) is 12.5. The lowest BCUT2D eigenvalue weighted by Gasteiger charge is -2.09. The van der Waals surface area contributed by atoms with E-state index < -0.39 is 0 Å². The van der Waals surface area contributed by atoms with Crippen LogP contribution >= 0.6 is 0 Å². The largest absolute Gasteiger partial charge is 0.508 e. The lowest BCUT2D eigenvalue weighted by molar-refractivity contribution is -0.118. The molecule has 0 aliphatic heterocycles. The van der Waals surface area contributed by atoms with E-state index in [0.29, 0.717) is 16.9 Å². The molecule has 2 aromatic carbocycles.